The highest BCUT2D eigenvalue weighted by Gasteiger charge is 2.38. The molecule has 1 aliphatic heterocycles. The van der Waals surface area contributed by atoms with Gasteiger partial charge in [0.1, 0.15) is 11.2 Å². The number of carboxylic acids is 1. The van der Waals surface area contributed by atoms with Crippen LogP contribution in [0.15, 0.2) is 11.0 Å². The minimum absolute atomic E-state index is 0.0541. The number of fused-ring (bicyclic) bond motifs is 1. The van der Waals surface area contributed by atoms with Gasteiger partial charge in [-0.3, -0.25) is 4.79 Å². The Hall–Kier alpha value is -2.43. The molecule has 4 rings (SSSR count). The zero-order valence-electron chi connectivity index (χ0n) is 14.4. The molecule has 0 amide bonds. The minimum atomic E-state index is -5.08. The largest absolute Gasteiger partial charge is 0.490 e. The summed E-state index contributed by atoms with van der Waals surface area (Å²) in [5.41, 5.74) is 0.693. The fourth-order valence-electron chi connectivity index (χ4n) is 3.16. The predicted molar refractivity (Wildman–Crippen MR) is 89.4 cm³/mol. The van der Waals surface area contributed by atoms with Crippen molar-refractivity contribution in [1.29, 1.82) is 0 Å². The molecule has 1 aliphatic carbocycles. The van der Waals surface area contributed by atoms with Crippen molar-refractivity contribution < 1.29 is 23.1 Å². The van der Waals surface area contributed by atoms with Gasteiger partial charge in [-0.25, -0.2) is 14.5 Å². The van der Waals surface area contributed by atoms with Crippen LogP contribution in [-0.4, -0.2) is 50.1 Å². The molecule has 0 spiro atoms. The smallest absolute Gasteiger partial charge is 0.475 e. The van der Waals surface area contributed by atoms with Gasteiger partial charge in [0.05, 0.1) is 12.2 Å². The Bertz CT molecular complexity index is 866. The first kappa shape index (κ1) is 19.3. The van der Waals surface area contributed by atoms with Crippen molar-refractivity contribution in [3.8, 4) is 0 Å². The SMILES string of the molecule is O=C(O)C(F)(F)F.O=c1[nH]c(CC2CCC2)nc2c1cnn2C1CCNC1. The first-order valence-corrected chi connectivity index (χ1v) is 8.73. The van der Waals surface area contributed by atoms with E-state index in [1.54, 1.807) is 6.20 Å². The molecule has 1 saturated carbocycles. The Labute approximate surface area is 151 Å². The number of H-pyrrole nitrogens is 1. The Morgan fingerprint density at radius 1 is 1.33 bits per heavy atom. The number of hydrogen-bond donors (Lipinski definition) is 3. The van der Waals surface area contributed by atoms with E-state index >= 15 is 0 Å². The van der Waals surface area contributed by atoms with Crippen LogP contribution >= 0.6 is 0 Å². The van der Waals surface area contributed by atoms with E-state index in [1.165, 1.54) is 19.3 Å². The fourth-order valence-corrected chi connectivity index (χ4v) is 3.16. The number of carbonyl (C=O) groups is 1. The number of hydrogen-bond acceptors (Lipinski definition) is 5. The average Bonchev–Trinajstić information content (AvgIpc) is 3.19. The Morgan fingerprint density at radius 3 is 2.56 bits per heavy atom. The first-order chi connectivity index (χ1) is 12.8. The van der Waals surface area contributed by atoms with Crippen molar-refractivity contribution in [2.45, 2.75) is 44.3 Å². The molecule has 3 heterocycles. The van der Waals surface area contributed by atoms with Crippen LogP contribution in [0.2, 0.25) is 0 Å². The highest BCUT2D eigenvalue weighted by molar-refractivity contribution is 5.73. The molecular weight excluding hydrogens is 367 g/mol. The van der Waals surface area contributed by atoms with Crippen molar-refractivity contribution in [2.75, 3.05) is 13.1 Å². The second kappa shape index (κ2) is 7.67. The van der Waals surface area contributed by atoms with Crippen LogP contribution in [0.1, 0.15) is 37.5 Å². The maximum atomic E-state index is 12.2. The van der Waals surface area contributed by atoms with Crippen LogP contribution in [0.4, 0.5) is 13.2 Å². The van der Waals surface area contributed by atoms with Gasteiger partial charge in [0.2, 0.25) is 0 Å². The lowest BCUT2D eigenvalue weighted by molar-refractivity contribution is -0.192. The molecule has 0 aromatic carbocycles. The second-order valence-corrected chi connectivity index (χ2v) is 6.79. The lowest BCUT2D eigenvalue weighted by atomic mass is 9.83. The topological polar surface area (TPSA) is 113 Å². The molecule has 1 unspecified atom stereocenters. The molecule has 2 fully saturated rings. The third-order valence-electron chi connectivity index (χ3n) is 4.84. The van der Waals surface area contributed by atoms with Gasteiger partial charge in [0, 0.05) is 13.0 Å². The predicted octanol–water partition coefficient (Wildman–Crippen LogP) is 1.63. The van der Waals surface area contributed by atoms with Crippen molar-refractivity contribution in [1.82, 2.24) is 25.1 Å². The molecule has 2 aromatic rings. The summed E-state index contributed by atoms with van der Waals surface area (Å²) in [7, 11) is 0. The quantitative estimate of drug-likeness (QED) is 0.738. The molecule has 0 bridgehead atoms. The number of rotatable bonds is 3. The Balaban J connectivity index is 0.000000260. The molecule has 0 radical (unpaired) electrons. The number of halogens is 3. The number of nitrogens with zero attached hydrogens (tertiary/aromatic N) is 3. The average molecular weight is 387 g/mol. The van der Waals surface area contributed by atoms with Crippen LogP contribution in [0.3, 0.4) is 0 Å². The molecule has 11 heteroatoms. The van der Waals surface area contributed by atoms with Gasteiger partial charge in [-0.05, 0) is 18.9 Å². The summed E-state index contributed by atoms with van der Waals surface area (Å²) in [5.74, 6) is -1.24. The van der Waals surface area contributed by atoms with Gasteiger partial charge in [0.15, 0.2) is 5.65 Å². The van der Waals surface area contributed by atoms with Gasteiger partial charge in [0.25, 0.3) is 5.56 Å². The van der Waals surface area contributed by atoms with Gasteiger partial charge >= 0.3 is 12.1 Å². The minimum Gasteiger partial charge on any atom is -0.475 e. The van der Waals surface area contributed by atoms with Crippen LogP contribution in [-0.2, 0) is 11.2 Å². The number of alkyl halides is 3. The first-order valence-electron chi connectivity index (χ1n) is 8.73. The van der Waals surface area contributed by atoms with E-state index in [9.17, 15) is 18.0 Å². The summed E-state index contributed by atoms with van der Waals surface area (Å²) < 4.78 is 33.7. The van der Waals surface area contributed by atoms with Gasteiger partial charge < -0.3 is 15.4 Å². The maximum Gasteiger partial charge on any atom is 0.490 e. The summed E-state index contributed by atoms with van der Waals surface area (Å²) in [6.45, 7) is 1.91. The van der Waals surface area contributed by atoms with E-state index in [1.807, 2.05) is 4.68 Å². The molecule has 1 atom stereocenters. The molecule has 148 valence electrons. The van der Waals surface area contributed by atoms with Gasteiger partial charge in [-0.1, -0.05) is 19.3 Å². The molecule has 3 N–H and O–H groups in total. The van der Waals surface area contributed by atoms with Crippen LogP contribution < -0.4 is 10.9 Å². The number of carboxylic acid groups (broad SMARTS) is 1. The van der Waals surface area contributed by atoms with Crippen molar-refractivity contribution in [3.05, 3.63) is 22.4 Å². The number of aromatic amines is 1. The molecule has 1 saturated heterocycles. The molecule has 2 aromatic heterocycles. The van der Waals surface area contributed by atoms with Gasteiger partial charge in [-0.2, -0.15) is 18.3 Å². The zero-order valence-corrected chi connectivity index (χ0v) is 14.4. The van der Waals surface area contributed by atoms with E-state index in [4.69, 9.17) is 9.90 Å². The summed E-state index contributed by atoms with van der Waals surface area (Å²) in [6.07, 6.45) is 2.32. The van der Waals surface area contributed by atoms with E-state index < -0.39 is 12.1 Å². The third-order valence-corrected chi connectivity index (χ3v) is 4.84. The van der Waals surface area contributed by atoms with E-state index in [0.717, 1.165) is 37.4 Å². The summed E-state index contributed by atoms with van der Waals surface area (Å²) >= 11 is 0. The fraction of sp³-hybridized carbons (Fsp3) is 0.625. The molecule has 27 heavy (non-hydrogen) atoms. The van der Waals surface area contributed by atoms with Crippen molar-refractivity contribution in [2.24, 2.45) is 5.92 Å². The summed E-state index contributed by atoms with van der Waals surface area (Å²) in [5, 5.41) is 15.4. The second-order valence-electron chi connectivity index (χ2n) is 6.79. The molecule has 2 aliphatic rings. The lowest BCUT2D eigenvalue weighted by Gasteiger charge is -2.24. The zero-order chi connectivity index (χ0) is 19.6. The maximum absolute atomic E-state index is 12.2. The standard InChI is InChI=1S/C14H19N5O.C2HF3O2/c20-14-11-8-16-19(10-4-5-15-7-10)13(11)17-12(18-14)6-9-2-1-3-9;3-2(4,5)1(6)7/h8-10,15H,1-7H2,(H,17,18,20);(H,6,7). The summed E-state index contributed by atoms with van der Waals surface area (Å²) in [4.78, 5) is 28.6. The normalized spacial score (nSPS) is 20.2. The highest BCUT2D eigenvalue weighted by atomic mass is 19.4. The number of aliphatic carboxylic acids is 1. The summed E-state index contributed by atoms with van der Waals surface area (Å²) in [6, 6.07) is 0.318. The molecule has 8 nitrogen and oxygen atoms in total. The van der Waals surface area contributed by atoms with Crippen LogP contribution in [0.5, 0.6) is 0 Å². The van der Waals surface area contributed by atoms with E-state index in [-0.39, 0.29) is 5.56 Å². The Morgan fingerprint density at radius 2 is 2.04 bits per heavy atom. The van der Waals surface area contributed by atoms with Crippen molar-refractivity contribution in [3.63, 3.8) is 0 Å². The lowest BCUT2D eigenvalue weighted by Crippen LogP contribution is -2.21. The van der Waals surface area contributed by atoms with Crippen LogP contribution in [0.25, 0.3) is 11.0 Å². The number of nitrogens with one attached hydrogen (secondary N) is 2. The molecular formula is C16H20F3N5O3. The van der Waals surface area contributed by atoms with E-state index in [0.29, 0.717) is 17.3 Å². The number of aromatic nitrogens is 4. The third kappa shape index (κ3) is 4.46. The monoisotopic (exact) mass is 387 g/mol. The Kier molecular flexibility index (Phi) is 5.49. The van der Waals surface area contributed by atoms with Crippen LogP contribution in [0, 0.1) is 5.92 Å². The van der Waals surface area contributed by atoms with Gasteiger partial charge in [-0.15, -0.1) is 0 Å². The van der Waals surface area contributed by atoms with E-state index in [2.05, 4.69) is 20.4 Å². The van der Waals surface area contributed by atoms with Crippen molar-refractivity contribution >= 4 is 17.0 Å². The highest BCUT2D eigenvalue weighted by Crippen LogP contribution is 2.29.